The van der Waals surface area contributed by atoms with Gasteiger partial charge in [0.1, 0.15) is 0 Å². The highest BCUT2D eigenvalue weighted by Gasteiger charge is 2.10. The van der Waals surface area contributed by atoms with Crippen molar-refractivity contribution in [3.05, 3.63) is 41.2 Å². The van der Waals surface area contributed by atoms with Crippen LogP contribution in [0.4, 0.5) is 0 Å². The molecule has 0 atom stereocenters. The molecule has 0 amide bonds. The van der Waals surface area contributed by atoms with E-state index in [0.717, 1.165) is 13.0 Å². The summed E-state index contributed by atoms with van der Waals surface area (Å²) in [5, 5.41) is 4.46. The third-order valence-electron chi connectivity index (χ3n) is 3.36. The zero-order valence-corrected chi connectivity index (χ0v) is 11.4. The SMILES string of the molecule is CCCn1ncc(-c2ccc(CN)cc2C)c1C. The van der Waals surface area contributed by atoms with Crippen LogP contribution in [0.25, 0.3) is 11.1 Å². The Labute approximate surface area is 109 Å². The Morgan fingerprint density at radius 1 is 1.22 bits per heavy atom. The van der Waals surface area contributed by atoms with Gasteiger partial charge in [-0.1, -0.05) is 25.1 Å². The maximum Gasteiger partial charge on any atom is 0.0571 e. The number of benzene rings is 1. The first-order valence-electron chi connectivity index (χ1n) is 6.49. The van der Waals surface area contributed by atoms with Gasteiger partial charge in [0.15, 0.2) is 0 Å². The van der Waals surface area contributed by atoms with Crippen molar-refractivity contribution < 1.29 is 0 Å². The lowest BCUT2D eigenvalue weighted by Crippen LogP contribution is -2.01. The highest BCUT2D eigenvalue weighted by Crippen LogP contribution is 2.27. The van der Waals surface area contributed by atoms with Gasteiger partial charge in [-0.2, -0.15) is 5.10 Å². The van der Waals surface area contributed by atoms with Crippen molar-refractivity contribution >= 4 is 0 Å². The minimum Gasteiger partial charge on any atom is -0.326 e. The normalized spacial score (nSPS) is 10.9. The predicted molar refractivity (Wildman–Crippen MR) is 75.3 cm³/mol. The third kappa shape index (κ3) is 2.31. The molecule has 0 aliphatic carbocycles. The van der Waals surface area contributed by atoms with Crippen molar-refractivity contribution in [2.24, 2.45) is 5.73 Å². The molecule has 0 aliphatic rings. The quantitative estimate of drug-likeness (QED) is 0.897. The second kappa shape index (κ2) is 5.36. The van der Waals surface area contributed by atoms with E-state index >= 15 is 0 Å². The lowest BCUT2D eigenvalue weighted by atomic mass is 9.99. The van der Waals surface area contributed by atoms with Gasteiger partial charge in [0.2, 0.25) is 0 Å². The van der Waals surface area contributed by atoms with Crippen LogP contribution >= 0.6 is 0 Å². The van der Waals surface area contributed by atoms with Gasteiger partial charge in [-0.15, -0.1) is 0 Å². The lowest BCUT2D eigenvalue weighted by Gasteiger charge is -2.08. The molecule has 0 aliphatic heterocycles. The topological polar surface area (TPSA) is 43.8 Å². The Bertz CT molecular complexity index is 541. The molecular formula is C15H21N3. The Morgan fingerprint density at radius 2 is 2.00 bits per heavy atom. The van der Waals surface area contributed by atoms with Gasteiger partial charge in [-0.3, -0.25) is 4.68 Å². The Morgan fingerprint density at radius 3 is 2.61 bits per heavy atom. The van der Waals surface area contributed by atoms with Crippen LogP contribution in [0.5, 0.6) is 0 Å². The summed E-state index contributed by atoms with van der Waals surface area (Å²) in [6.45, 7) is 8.00. The summed E-state index contributed by atoms with van der Waals surface area (Å²) in [6.07, 6.45) is 3.07. The minimum atomic E-state index is 0.592. The molecule has 0 fully saturated rings. The van der Waals surface area contributed by atoms with E-state index in [2.05, 4.69) is 48.8 Å². The molecule has 3 heteroatoms. The van der Waals surface area contributed by atoms with Crippen LogP contribution in [0.3, 0.4) is 0 Å². The van der Waals surface area contributed by atoms with Gasteiger partial charge in [-0.05, 0) is 37.0 Å². The molecule has 0 bridgehead atoms. The fraction of sp³-hybridized carbons (Fsp3) is 0.400. The van der Waals surface area contributed by atoms with Gasteiger partial charge in [0.05, 0.1) is 6.20 Å². The summed E-state index contributed by atoms with van der Waals surface area (Å²) in [6, 6.07) is 6.41. The van der Waals surface area contributed by atoms with Gasteiger partial charge >= 0.3 is 0 Å². The molecule has 0 radical (unpaired) electrons. The van der Waals surface area contributed by atoms with Crippen LogP contribution in [0.2, 0.25) is 0 Å². The van der Waals surface area contributed by atoms with Crippen molar-refractivity contribution in [1.29, 1.82) is 0 Å². The molecule has 2 aromatic rings. The van der Waals surface area contributed by atoms with E-state index in [0.29, 0.717) is 6.54 Å². The van der Waals surface area contributed by atoms with Gasteiger partial charge in [0, 0.05) is 24.3 Å². The van der Waals surface area contributed by atoms with Gasteiger partial charge in [0.25, 0.3) is 0 Å². The summed E-state index contributed by atoms with van der Waals surface area (Å²) < 4.78 is 2.08. The summed E-state index contributed by atoms with van der Waals surface area (Å²) in [4.78, 5) is 0. The molecule has 2 rings (SSSR count). The summed E-state index contributed by atoms with van der Waals surface area (Å²) >= 11 is 0. The molecule has 0 saturated heterocycles. The molecule has 3 nitrogen and oxygen atoms in total. The van der Waals surface area contributed by atoms with Crippen LogP contribution < -0.4 is 5.73 Å². The fourth-order valence-electron chi connectivity index (χ4n) is 2.30. The molecule has 0 unspecified atom stereocenters. The molecule has 1 aromatic carbocycles. The van der Waals surface area contributed by atoms with Crippen LogP contribution in [-0.4, -0.2) is 9.78 Å². The first-order valence-corrected chi connectivity index (χ1v) is 6.49. The predicted octanol–water partition coefficient (Wildman–Crippen LogP) is 3.04. The Kier molecular flexibility index (Phi) is 3.82. The zero-order valence-electron chi connectivity index (χ0n) is 11.4. The smallest absolute Gasteiger partial charge is 0.0571 e. The van der Waals surface area contributed by atoms with Gasteiger partial charge < -0.3 is 5.73 Å². The van der Waals surface area contributed by atoms with Gasteiger partial charge in [-0.25, -0.2) is 0 Å². The monoisotopic (exact) mass is 243 g/mol. The maximum absolute atomic E-state index is 5.66. The van der Waals surface area contributed by atoms with Crippen molar-refractivity contribution in [2.75, 3.05) is 0 Å². The highest BCUT2D eigenvalue weighted by atomic mass is 15.3. The minimum absolute atomic E-state index is 0.592. The largest absolute Gasteiger partial charge is 0.326 e. The van der Waals surface area contributed by atoms with Crippen LogP contribution in [0, 0.1) is 13.8 Å². The van der Waals surface area contributed by atoms with E-state index in [1.54, 1.807) is 0 Å². The van der Waals surface area contributed by atoms with Crippen molar-refractivity contribution in [3.63, 3.8) is 0 Å². The molecule has 1 heterocycles. The molecule has 1 aromatic heterocycles. The summed E-state index contributed by atoms with van der Waals surface area (Å²) in [5.41, 5.74) is 11.8. The van der Waals surface area contributed by atoms with E-state index in [1.807, 2.05) is 6.20 Å². The van der Waals surface area contributed by atoms with E-state index in [4.69, 9.17) is 5.73 Å². The van der Waals surface area contributed by atoms with E-state index in [1.165, 1.54) is 27.9 Å². The lowest BCUT2D eigenvalue weighted by molar-refractivity contribution is 0.587. The van der Waals surface area contributed by atoms with Crippen molar-refractivity contribution in [1.82, 2.24) is 9.78 Å². The number of rotatable bonds is 4. The number of nitrogens with two attached hydrogens (primary N) is 1. The number of nitrogens with zero attached hydrogens (tertiary/aromatic N) is 2. The number of aromatic nitrogens is 2. The molecule has 0 saturated carbocycles. The van der Waals surface area contributed by atoms with E-state index in [-0.39, 0.29) is 0 Å². The van der Waals surface area contributed by atoms with Crippen molar-refractivity contribution in [2.45, 2.75) is 40.3 Å². The standard InChI is InChI=1S/C15H21N3/c1-4-7-18-12(3)15(10-17-18)14-6-5-13(9-16)8-11(14)2/h5-6,8,10H,4,7,9,16H2,1-3H3. The average molecular weight is 243 g/mol. The molecule has 96 valence electrons. The van der Waals surface area contributed by atoms with Crippen molar-refractivity contribution in [3.8, 4) is 11.1 Å². The first-order chi connectivity index (χ1) is 8.67. The Balaban J connectivity index is 2.42. The number of aryl methyl sites for hydroxylation is 2. The molecular weight excluding hydrogens is 222 g/mol. The maximum atomic E-state index is 5.66. The summed E-state index contributed by atoms with van der Waals surface area (Å²) in [5.74, 6) is 0. The summed E-state index contributed by atoms with van der Waals surface area (Å²) in [7, 11) is 0. The fourth-order valence-corrected chi connectivity index (χ4v) is 2.30. The molecule has 2 N–H and O–H groups in total. The third-order valence-corrected chi connectivity index (χ3v) is 3.36. The first kappa shape index (κ1) is 12.8. The average Bonchev–Trinajstić information content (AvgIpc) is 2.72. The number of hydrogen-bond acceptors (Lipinski definition) is 2. The molecule has 18 heavy (non-hydrogen) atoms. The van der Waals surface area contributed by atoms with Crippen LogP contribution in [-0.2, 0) is 13.1 Å². The number of hydrogen-bond donors (Lipinski definition) is 1. The van der Waals surface area contributed by atoms with E-state index in [9.17, 15) is 0 Å². The second-order valence-corrected chi connectivity index (χ2v) is 4.72. The highest BCUT2D eigenvalue weighted by molar-refractivity contribution is 5.69. The Hall–Kier alpha value is -1.61. The van der Waals surface area contributed by atoms with E-state index < -0.39 is 0 Å². The molecule has 0 spiro atoms. The zero-order chi connectivity index (χ0) is 13.1. The second-order valence-electron chi connectivity index (χ2n) is 4.72. The van der Waals surface area contributed by atoms with Crippen LogP contribution in [0.15, 0.2) is 24.4 Å². The van der Waals surface area contributed by atoms with Crippen LogP contribution in [0.1, 0.15) is 30.2 Å².